The van der Waals surface area contributed by atoms with Gasteiger partial charge in [0.15, 0.2) is 0 Å². The molecule has 0 unspecified atom stereocenters. The summed E-state index contributed by atoms with van der Waals surface area (Å²) < 4.78 is 6.51. The minimum absolute atomic E-state index is 0. The lowest BCUT2D eigenvalue weighted by atomic mass is 9.66. The highest BCUT2D eigenvalue weighted by molar-refractivity contribution is 9.10. The van der Waals surface area contributed by atoms with Crippen molar-refractivity contribution in [3.63, 3.8) is 0 Å². The summed E-state index contributed by atoms with van der Waals surface area (Å²) in [5, 5.41) is 37.3. The number of benzene rings is 4. The Morgan fingerprint density at radius 2 is 1.20 bits per heavy atom. The van der Waals surface area contributed by atoms with Crippen LogP contribution < -0.4 is 16.4 Å². The fourth-order valence-corrected chi connectivity index (χ4v) is 7.41. The number of hydrogen-bond donors (Lipinski definition) is 3. The maximum absolute atomic E-state index is 12.4. The minimum atomic E-state index is -0.571. The van der Waals surface area contributed by atoms with Gasteiger partial charge in [-0.1, -0.05) is 123 Å². The molecular formula is C51H59BrN8O6. The van der Waals surface area contributed by atoms with Gasteiger partial charge in [0, 0.05) is 33.4 Å². The third kappa shape index (κ3) is 13.2. The molecule has 0 spiro atoms. The number of nitro groups is 2. The molecule has 6 aromatic rings. The highest BCUT2D eigenvalue weighted by Crippen LogP contribution is 2.44. The topological polar surface area (TPSA) is 212 Å². The molecule has 0 bridgehead atoms. The second-order valence-electron chi connectivity index (χ2n) is 16.2. The van der Waals surface area contributed by atoms with Gasteiger partial charge in [-0.25, -0.2) is 14.8 Å². The maximum atomic E-state index is 12.4. The van der Waals surface area contributed by atoms with Crippen molar-refractivity contribution < 1.29 is 19.4 Å². The predicted molar refractivity (Wildman–Crippen MR) is 267 cm³/mol. The van der Waals surface area contributed by atoms with E-state index in [2.05, 4.69) is 42.6 Å². The van der Waals surface area contributed by atoms with E-state index in [1.165, 1.54) is 24.1 Å². The van der Waals surface area contributed by atoms with E-state index in [1.807, 2.05) is 130 Å². The summed E-state index contributed by atoms with van der Waals surface area (Å²) in [5.41, 5.74) is 9.86. The molecular weight excluding hydrogens is 901 g/mol. The normalized spacial score (nSPS) is 13.6. The first-order valence-corrected chi connectivity index (χ1v) is 21.1. The lowest BCUT2D eigenvalue weighted by Gasteiger charge is -2.43. The Bertz CT molecular complexity index is 2590. The number of nitrogens with zero attached hydrogens (tertiary/aromatic N) is 5. The smallest absolute Gasteiger partial charge is 0.408 e. The van der Waals surface area contributed by atoms with Crippen molar-refractivity contribution >= 4 is 50.7 Å². The van der Waals surface area contributed by atoms with Crippen molar-refractivity contribution in [2.45, 2.75) is 98.1 Å². The summed E-state index contributed by atoms with van der Waals surface area (Å²) in [4.78, 5) is 42.0. The molecule has 1 amide bonds. The molecule has 14 nitrogen and oxygen atoms in total. The molecule has 0 radical (unpaired) electrons. The van der Waals surface area contributed by atoms with E-state index in [0.717, 1.165) is 53.3 Å². The second kappa shape index (κ2) is 23.1. The first-order valence-electron chi connectivity index (χ1n) is 20.3. The lowest BCUT2D eigenvalue weighted by molar-refractivity contribution is -0.384. The van der Waals surface area contributed by atoms with Crippen molar-refractivity contribution in [2.75, 3.05) is 11.1 Å². The fourth-order valence-electron chi connectivity index (χ4n) is 7.14. The predicted octanol–water partition coefficient (Wildman–Crippen LogP) is 13.8. The summed E-state index contributed by atoms with van der Waals surface area (Å²) in [5.74, 6) is 0.107. The molecule has 2 aliphatic rings. The first-order chi connectivity index (χ1) is 30.1. The molecule has 15 heteroatoms. The Hall–Kier alpha value is -7.18. The first kappa shape index (κ1) is 53.2. The van der Waals surface area contributed by atoms with Crippen LogP contribution >= 0.6 is 15.9 Å². The molecule has 0 aliphatic heterocycles. The van der Waals surface area contributed by atoms with Crippen LogP contribution in [0.2, 0.25) is 0 Å². The molecule has 2 heterocycles. The zero-order valence-corrected chi connectivity index (χ0v) is 36.7. The van der Waals surface area contributed by atoms with Crippen molar-refractivity contribution in [1.29, 1.82) is 5.26 Å². The number of pyridine rings is 2. The van der Waals surface area contributed by atoms with Gasteiger partial charge in [-0.15, -0.1) is 0 Å². The molecule has 8 rings (SSSR count). The van der Waals surface area contributed by atoms with Crippen LogP contribution in [-0.2, 0) is 15.7 Å². The Kier molecular flexibility index (Phi) is 18.6. The number of nitriles is 1. The Labute approximate surface area is 396 Å². The summed E-state index contributed by atoms with van der Waals surface area (Å²) in [6.45, 7) is 5.50. The summed E-state index contributed by atoms with van der Waals surface area (Å²) in [7, 11) is 0. The second-order valence-corrected chi connectivity index (χ2v) is 17.1. The Morgan fingerprint density at radius 3 is 1.62 bits per heavy atom. The lowest BCUT2D eigenvalue weighted by Crippen LogP contribution is -2.52. The average molecular weight is 960 g/mol. The monoisotopic (exact) mass is 958 g/mol. The number of alkyl carbamates (subject to hydrolysis) is 1. The van der Waals surface area contributed by atoms with Gasteiger partial charge in [0.2, 0.25) is 11.6 Å². The highest BCUT2D eigenvalue weighted by atomic mass is 79.9. The largest absolute Gasteiger partial charge is 0.444 e. The van der Waals surface area contributed by atoms with Gasteiger partial charge in [-0.3, -0.25) is 20.2 Å². The van der Waals surface area contributed by atoms with Crippen LogP contribution in [0.1, 0.15) is 92.7 Å². The Balaban J connectivity index is 0.000000299. The molecule has 0 saturated heterocycles. The number of halogens is 1. The fraction of sp³-hybridized carbons (Fsp3) is 0.294. The van der Waals surface area contributed by atoms with Gasteiger partial charge in [0.05, 0.1) is 38.3 Å². The van der Waals surface area contributed by atoms with Crippen LogP contribution in [0, 0.1) is 31.6 Å². The number of nitrogen functional groups attached to an aromatic ring is 1. The highest BCUT2D eigenvalue weighted by Gasteiger charge is 2.41. The SMILES string of the molecule is C.C.C.CC(C)(C)OC(=O)NC1(c2ccc(Nc3nc(-c4ccccc4)ccc3[N+](=O)[O-])cc2)CCC1.N#CC1(c2ccc(Br)cc2)CCC1.Nc1nc(-c2ccccc2)ccc1[N+](=O)[O-]. The van der Waals surface area contributed by atoms with E-state index in [1.54, 1.807) is 12.1 Å². The van der Waals surface area contributed by atoms with Gasteiger partial charge in [-0.2, -0.15) is 5.26 Å². The number of nitrogens with two attached hydrogens (primary N) is 1. The molecule has 4 aromatic carbocycles. The van der Waals surface area contributed by atoms with Crippen LogP contribution in [-0.4, -0.2) is 31.5 Å². The molecule has 2 aliphatic carbocycles. The van der Waals surface area contributed by atoms with Gasteiger partial charge < -0.3 is 21.1 Å². The maximum Gasteiger partial charge on any atom is 0.408 e. The zero-order valence-electron chi connectivity index (χ0n) is 35.1. The number of ether oxygens (including phenoxy) is 1. The van der Waals surface area contributed by atoms with Crippen LogP contribution in [0.15, 0.2) is 138 Å². The zero-order chi connectivity index (χ0) is 45.2. The van der Waals surface area contributed by atoms with E-state index < -0.39 is 27.1 Å². The molecule has 4 N–H and O–H groups in total. The van der Waals surface area contributed by atoms with Crippen LogP contribution in [0.3, 0.4) is 0 Å². The molecule has 0 atom stereocenters. The van der Waals surface area contributed by atoms with Crippen molar-refractivity contribution in [3.05, 3.63) is 169 Å². The van der Waals surface area contributed by atoms with E-state index in [9.17, 15) is 25.0 Å². The van der Waals surface area contributed by atoms with Crippen LogP contribution in [0.25, 0.3) is 22.5 Å². The van der Waals surface area contributed by atoms with Gasteiger partial charge >= 0.3 is 17.5 Å². The van der Waals surface area contributed by atoms with Gasteiger partial charge in [0.1, 0.15) is 5.60 Å². The number of anilines is 3. The number of rotatable bonds is 9. The Morgan fingerprint density at radius 1 is 0.712 bits per heavy atom. The summed E-state index contributed by atoms with van der Waals surface area (Å²) in [6, 6.07) is 43.0. The third-order valence-corrected chi connectivity index (χ3v) is 11.3. The minimum Gasteiger partial charge on any atom is -0.444 e. The molecule has 2 fully saturated rings. The molecule has 2 aromatic heterocycles. The third-order valence-electron chi connectivity index (χ3n) is 10.8. The number of aromatic nitrogens is 2. The number of carbonyl (C=O) groups is 1. The van der Waals surface area contributed by atoms with E-state index >= 15 is 0 Å². The van der Waals surface area contributed by atoms with E-state index in [-0.39, 0.29) is 50.7 Å². The number of nitrogens with one attached hydrogen (secondary N) is 2. The van der Waals surface area contributed by atoms with Crippen LogP contribution in [0.5, 0.6) is 0 Å². The average Bonchev–Trinajstić information content (AvgIpc) is 3.23. The summed E-state index contributed by atoms with van der Waals surface area (Å²) >= 11 is 3.39. The number of carbonyl (C=O) groups excluding carboxylic acids is 1. The van der Waals surface area contributed by atoms with Crippen molar-refractivity contribution in [3.8, 4) is 28.6 Å². The van der Waals surface area contributed by atoms with Crippen LogP contribution in [0.4, 0.5) is 33.5 Å². The quantitative estimate of drug-likeness (QED) is 0.0916. The molecule has 2 saturated carbocycles. The van der Waals surface area contributed by atoms with Crippen molar-refractivity contribution in [2.24, 2.45) is 0 Å². The van der Waals surface area contributed by atoms with E-state index in [4.69, 9.17) is 15.7 Å². The summed E-state index contributed by atoms with van der Waals surface area (Å²) in [6.07, 6.45) is 5.45. The molecule has 66 heavy (non-hydrogen) atoms. The van der Waals surface area contributed by atoms with Crippen molar-refractivity contribution in [1.82, 2.24) is 15.3 Å². The van der Waals surface area contributed by atoms with Gasteiger partial charge in [-0.05, 0) is 107 Å². The number of amides is 1. The number of hydrogen-bond acceptors (Lipinski definition) is 11. The van der Waals surface area contributed by atoms with Gasteiger partial charge in [0.25, 0.3) is 0 Å². The standard InChI is InChI=1S/C26H28N4O4.C11H10BrN.C11H9N3O2.3CH4/c1-25(2,3)34-24(31)29-26(16-7-17-26)19-10-12-20(13-11-19)27-23-22(30(32)33)15-14-21(28-23)18-8-5-4-6-9-18;12-10-4-2-9(3-5-10)11(8-13)6-1-7-11;12-11-10(14(15)16)7-6-9(13-11)8-4-2-1-3-5-8;;;/h4-6,8-15H,7,16-17H2,1-3H3,(H,27,28)(H,29,31);2-5H,1,6-7H2;1-7H,(H2,12,13);3*1H4. The van der Waals surface area contributed by atoms with E-state index in [0.29, 0.717) is 17.1 Å². The molecule has 346 valence electrons.